The Bertz CT molecular complexity index is 519. The van der Waals surface area contributed by atoms with Crippen molar-refractivity contribution in [2.45, 2.75) is 32.4 Å². The van der Waals surface area contributed by atoms with Crippen LogP contribution in [0, 0.1) is 0 Å². The van der Waals surface area contributed by atoms with Gasteiger partial charge in [-0.1, -0.05) is 22.9 Å². The van der Waals surface area contributed by atoms with E-state index in [9.17, 15) is 5.11 Å². The van der Waals surface area contributed by atoms with Crippen LogP contribution < -0.4 is 5.32 Å². The molecular weight excluding hydrogens is 294 g/mol. The van der Waals surface area contributed by atoms with Crippen molar-refractivity contribution in [3.8, 4) is 0 Å². The molecule has 18 heavy (non-hydrogen) atoms. The number of hydrogen-bond acceptors (Lipinski definition) is 3. The quantitative estimate of drug-likeness (QED) is 0.886. The molecule has 1 heterocycles. The molecule has 2 N–H and O–H groups in total. The van der Waals surface area contributed by atoms with Gasteiger partial charge in [0, 0.05) is 15.9 Å². The van der Waals surface area contributed by atoms with Crippen LogP contribution in [-0.4, -0.2) is 17.8 Å². The molecule has 0 aliphatic rings. The van der Waals surface area contributed by atoms with Gasteiger partial charge in [-0.2, -0.15) is 0 Å². The minimum Gasteiger partial charge on any atom is -0.459 e. The van der Waals surface area contributed by atoms with Gasteiger partial charge >= 0.3 is 0 Å². The highest BCUT2D eigenvalue weighted by Crippen LogP contribution is 2.26. The molecule has 0 saturated carbocycles. The zero-order valence-corrected chi connectivity index (χ0v) is 12.2. The van der Waals surface area contributed by atoms with E-state index in [1.54, 1.807) is 0 Å². The van der Waals surface area contributed by atoms with E-state index < -0.39 is 0 Å². The zero-order chi connectivity index (χ0) is 13.1. The van der Waals surface area contributed by atoms with Gasteiger partial charge < -0.3 is 14.8 Å². The molecule has 98 valence electrons. The van der Waals surface area contributed by atoms with Gasteiger partial charge in [0.2, 0.25) is 0 Å². The number of aliphatic hydroxyl groups excluding tert-OH is 1. The molecule has 0 amide bonds. The summed E-state index contributed by atoms with van der Waals surface area (Å²) < 4.78 is 6.86. The predicted molar refractivity (Wildman–Crippen MR) is 76.6 cm³/mol. The van der Waals surface area contributed by atoms with Crippen LogP contribution in [0.25, 0.3) is 11.0 Å². The Hall–Kier alpha value is -0.840. The van der Waals surface area contributed by atoms with Gasteiger partial charge in [-0.05, 0) is 37.6 Å². The Morgan fingerprint density at radius 2 is 2.17 bits per heavy atom. The summed E-state index contributed by atoms with van der Waals surface area (Å²) in [5, 5.41) is 13.6. The Morgan fingerprint density at radius 3 is 2.83 bits per heavy atom. The molecule has 0 aliphatic carbocycles. The molecule has 2 atom stereocenters. The molecule has 1 aromatic carbocycles. The fourth-order valence-electron chi connectivity index (χ4n) is 1.98. The maximum absolute atomic E-state index is 9.20. The lowest BCUT2D eigenvalue weighted by Gasteiger charge is -2.18. The van der Waals surface area contributed by atoms with Crippen molar-refractivity contribution in [2.75, 3.05) is 6.61 Å². The number of furan rings is 1. The molecule has 0 aliphatic heterocycles. The van der Waals surface area contributed by atoms with Crippen molar-refractivity contribution >= 4 is 26.9 Å². The van der Waals surface area contributed by atoms with Crippen molar-refractivity contribution in [3.63, 3.8) is 0 Å². The standard InChI is InChI=1S/C14H18BrNO2/c1-3-12(8-17)16-9(2)14-7-10-6-11(15)4-5-13(10)18-14/h4-7,9,12,16-17H,3,8H2,1-2H3. The summed E-state index contributed by atoms with van der Waals surface area (Å²) in [5.74, 6) is 0.898. The summed E-state index contributed by atoms with van der Waals surface area (Å²) in [6.07, 6.45) is 0.895. The van der Waals surface area contributed by atoms with Crippen molar-refractivity contribution < 1.29 is 9.52 Å². The van der Waals surface area contributed by atoms with E-state index in [2.05, 4.69) is 28.2 Å². The van der Waals surface area contributed by atoms with E-state index in [0.29, 0.717) is 0 Å². The predicted octanol–water partition coefficient (Wildman–Crippen LogP) is 3.62. The van der Waals surface area contributed by atoms with Crippen LogP contribution >= 0.6 is 15.9 Å². The van der Waals surface area contributed by atoms with Crippen LogP contribution in [0.5, 0.6) is 0 Å². The first-order valence-electron chi connectivity index (χ1n) is 6.20. The van der Waals surface area contributed by atoms with E-state index in [1.807, 2.05) is 31.2 Å². The molecule has 0 radical (unpaired) electrons. The number of rotatable bonds is 5. The lowest BCUT2D eigenvalue weighted by atomic mass is 10.1. The summed E-state index contributed by atoms with van der Waals surface area (Å²) in [6, 6.07) is 8.21. The third-order valence-electron chi connectivity index (χ3n) is 3.12. The summed E-state index contributed by atoms with van der Waals surface area (Å²) >= 11 is 3.45. The number of fused-ring (bicyclic) bond motifs is 1. The van der Waals surface area contributed by atoms with Crippen LogP contribution in [0.2, 0.25) is 0 Å². The third-order valence-corrected chi connectivity index (χ3v) is 3.62. The van der Waals surface area contributed by atoms with Crippen molar-refractivity contribution in [3.05, 3.63) is 34.5 Å². The van der Waals surface area contributed by atoms with Crippen LogP contribution in [0.1, 0.15) is 32.1 Å². The second kappa shape index (κ2) is 5.87. The molecule has 1 aromatic heterocycles. The van der Waals surface area contributed by atoms with Gasteiger partial charge in [-0.3, -0.25) is 0 Å². The SMILES string of the molecule is CCC(CO)NC(C)c1cc2cc(Br)ccc2o1. The molecule has 2 unspecified atom stereocenters. The fourth-order valence-corrected chi connectivity index (χ4v) is 2.36. The molecule has 4 heteroatoms. The average Bonchev–Trinajstić information content (AvgIpc) is 2.78. The molecule has 0 bridgehead atoms. The molecule has 0 saturated heterocycles. The van der Waals surface area contributed by atoms with Crippen molar-refractivity contribution in [1.82, 2.24) is 5.32 Å². The monoisotopic (exact) mass is 311 g/mol. The number of nitrogens with one attached hydrogen (secondary N) is 1. The van der Waals surface area contributed by atoms with Gasteiger partial charge in [0.15, 0.2) is 0 Å². The Balaban J connectivity index is 2.20. The number of halogens is 1. The first-order chi connectivity index (χ1) is 8.63. The minimum atomic E-state index is 0.0910. The summed E-state index contributed by atoms with van der Waals surface area (Å²) in [6.45, 7) is 4.24. The first-order valence-corrected chi connectivity index (χ1v) is 6.99. The topological polar surface area (TPSA) is 45.4 Å². The maximum Gasteiger partial charge on any atom is 0.134 e. The number of benzene rings is 1. The molecule has 3 nitrogen and oxygen atoms in total. The lowest BCUT2D eigenvalue weighted by Crippen LogP contribution is -2.33. The fraction of sp³-hybridized carbons (Fsp3) is 0.429. The van der Waals surface area contributed by atoms with Crippen molar-refractivity contribution in [2.24, 2.45) is 0 Å². The van der Waals surface area contributed by atoms with Gasteiger partial charge in [0.25, 0.3) is 0 Å². The molecule has 0 spiro atoms. The third kappa shape index (κ3) is 2.94. The van der Waals surface area contributed by atoms with Crippen LogP contribution in [0.3, 0.4) is 0 Å². The Morgan fingerprint density at radius 1 is 1.39 bits per heavy atom. The van der Waals surface area contributed by atoms with Crippen LogP contribution in [0.4, 0.5) is 0 Å². The smallest absolute Gasteiger partial charge is 0.134 e. The first kappa shape index (κ1) is 13.6. The lowest BCUT2D eigenvalue weighted by molar-refractivity contribution is 0.226. The van der Waals surface area contributed by atoms with Crippen LogP contribution in [0.15, 0.2) is 33.2 Å². The van der Waals surface area contributed by atoms with Crippen molar-refractivity contribution in [1.29, 1.82) is 0 Å². The average molecular weight is 312 g/mol. The van der Waals surface area contributed by atoms with Gasteiger partial charge in [0.1, 0.15) is 11.3 Å². The highest BCUT2D eigenvalue weighted by atomic mass is 79.9. The Labute approximate surface area is 115 Å². The van der Waals surface area contributed by atoms with Gasteiger partial charge in [-0.15, -0.1) is 0 Å². The summed E-state index contributed by atoms with van der Waals surface area (Å²) in [4.78, 5) is 0. The summed E-state index contributed by atoms with van der Waals surface area (Å²) in [5.41, 5.74) is 0.888. The minimum absolute atomic E-state index is 0.0910. The summed E-state index contributed by atoms with van der Waals surface area (Å²) in [7, 11) is 0. The van der Waals surface area contributed by atoms with Gasteiger partial charge in [-0.25, -0.2) is 0 Å². The molecule has 2 rings (SSSR count). The molecule has 0 fully saturated rings. The normalized spacial score (nSPS) is 14.9. The molecule has 2 aromatic rings. The van der Waals surface area contributed by atoms with E-state index >= 15 is 0 Å². The number of hydrogen-bond donors (Lipinski definition) is 2. The number of aliphatic hydroxyl groups is 1. The Kier molecular flexibility index (Phi) is 4.43. The molecular formula is C14H18BrNO2. The van der Waals surface area contributed by atoms with E-state index in [0.717, 1.165) is 27.6 Å². The highest BCUT2D eigenvalue weighted by molar-refractivity contribution is 9.10. The second-order valence-electron chi connectivity index (χ2n) is 4.51. The largest absolute Gasteiger partial charge is 0.459 e. The second-order valence-corrected chi connectivity index (χ2v) is 5.42. The van der Waals surface area contributed by atoms with E-state index in [1.165, 1.54) is 0 Å². The van der Waals surface area contributed by atoms with E-state index in [-0.39, 0.29) is 18.7 Å². The zero-order valence-electron chi connectivity index (χ0n) is 10.6. The van der Waals surface area contributed by atoms with Gasteiger partial charge in [0.05, 0.1) is 12.6 Å². The maximum atomic E-state index is 9.20. The van der Waals surface area contributed by atoms with E-state index in [4.69, 9.17) is 4.42 Å². The van der Waals surface area contributed by atoms with Crippen LogP contribution in [-0.2, 0) is 0 Å². The highest BCUT2D eigenvalue weighted by Gasteiger charge is 2.15.